The number of esters is 1. The molecule has 0 bridgehead atoms. The molecule has 0 spiro atoms. The van der Waals surface area contributed by atoms with Crippen LogP contribution in [0.25, 0.3) is 10.4 Å². The molecule has 4 heterocycles. The van der Waals surface area contributed by atoms with Crippen LogP contribution in [0.3, 0.4) is 0 Å². The first-order valence-corrected chi connectivity index (χ1v) is 23.3. The van der Waals surface area contributed by atoms with Gasteiger partial charge in [0.25, 0.3) is 0 Å². The number of aliphatic hydroxyl groups excluding tert-OH is 1. The summed E-state index contributed by atoms with van der Waals surface area (Å²) in [5.74, 6) is -0.572. The van der Waals surface area contributed by atoms with E-state index in [4.69, 9.17) is 48.2 Å². The van der Waals surface area contributed by atoms with Gasteiger partial charge in [0.2, 0.25) is 0 Å². The minimum absolute atomic E-state index is 0.0517. The predicted molar refractivity (Wildman–Crippen MR) is 230 cm³/mol. The predicted octanol–water partition coefficient (Wildman–Crippen LogP) is 9.19. The maximum Gasteiger partial charge on any atom is 0.508 e. The normalized spacial score (nSPS) is 33.3. The van der Waals surface area contributed by atoms with Crippen LogP contribution in [-0.4, -0.2) is 111 Å². The van der Waals surface area contributed by atoms with E-state index < -0.39 is 18.6 Å². The van der Waals surface area contributed by atoms with Gasteiger partial charge in [-0.2, -0.15) is 0 Å². The molecule has 2 aliphatic carbocycles. The second kappa shape index (κ2) is 23.3. The first kappa shape index (κ1) is 48.5. The number of aliphatic hydroxyl groups is 1. The Labute approximate surface area is 371 Å². The van der Waals surface area contributed by atoms with E-state index in [0.29, 0.717) is 62.8 Å². The van der Waals surface area contributed by atoms with Gasteiger partial charge in [-0.25, -0.2) is 14.4 Å². The zero-order valence-electron chi connectivity index (χ0n) is 37.3. The van der Waals surface area contributed by atoms with Gasteiger partial charge in [0, 0.05) is 48.3 Å². The first-order valence-electron chi connectivity index (χ1n) is 23.3. The highest BCUT2D eigenvalue weighted by molar-refractivity contribution is 5.91. The Kier molecular flexibility index (Phi) is 18.0. The second-order valence-electron chi connectivity index (χ2n) is 18.3. The van der Waals surface area contributed by atoms with Crippen LogP contribution in [0.4, 0.5) is 9.59 Å². The highest BCUT2D eigenvalue weighted by Crippen LogP contribution is 2.51. The Bertz CT molecular complexity index is 1730. The number of azide groups is 1. The first-order chi connectivity index (χ1) is 30.4. The summed E-state index contributed by atoms with van der Waals surface area (Å²) < 4.78 is 51.8. The van der Waals surface area contributed by atoms with E-state index in [0.717, 1.165) is 88.2 Å². The minimum Gasteiger partial charge on any atom is -0.455 e. The Balaban J connectivity index is 0.916. The Hall–Kier alpha value is -3.92. The van der Waals surface area contributed by atoms with Crippen molar-refractivity contribution in [2.45, 2.75) is 177 Å². The fraction of sp³-hybridized carbons (Fsp3) is 0.766. The molecular weight excluding hydrogens is 815 g/mol. The monoisotopic (exact) mass is 883 g/mol. The van der Waals surface area contributed by atoms with E-state index >= 15 is 0 Å². The lowest BCUT2D eigenvalue weighted by Crippen LogP contribution is -2.29. The maximum atomic E-state index is 12.8. The molecule has 350 valence electrons. The molecule has 2 unspecified atom stereocenters. The number of rotatable bonds is 22. The molecule has 6 aliphatic rings. The van der Waals surface area contributed by atoms with E-state index in [2.05, 4.69) is 42.3 Å². The molecule has 0 aromatic heterocycles. The summed E-state index contributed by atoms with van der Waals surface area (Å²) in [5, 5.41) is 13.9. The molecule has 6 rings (SSSR count). The van der Waals surface area contributed by atoms with Crippen LogP contribution in [0.15, 0.2) is 52.7 Å². The van der Waals surface area contributed by atoms with Crippen molar-refractivity contribution in [3.05, 3.63) is 58.0 Å². The quantitative estimate of drug-likeness (QED) is 0.0124. The third kappa shape index (κ3) is 14.0. The van der Waals surface area contributed by atoms with Crippen LogP contribution in [0.1, 0.15) is 129 Å². The van der Waals surface area contributed by atoms with Gasteiger partial charge >= 0.3 is 18.3 Å². The highest BCUT2D eigenvalue weighted by atomic mass is 16.7. The smallest absolute Gasteiger partial charge is 0.455 e. The summed E-state index contributed by atoms with van der Waals surface area (Å²) in [7, 11) is 0. The van der Waals surface area contributed by atoms with E-state index in [1.54, 1.807) is 0 Å². The van der Waals surface area contributed by atoms with Crippen molar-refractivity contribution < 1.29 is 62.1 Å². The second-order valence-corrected chi connectivity index (χ2v) is 18.3. The zero-order valence-corrected chi connectivity index (χ0v) is 37.3. The fourth-order valence-electron chi connectivity index (χ4n) is 9.50. The lowest BCUT2D eigenvalue weighted by molar-refractivity contribution is -0.140. The number of ether oxygens (including phenoxy) is 9. The molecule has 10 atom stereocenters. The van der Waals surface area contributed by atoms with Gasteiger partial charge in [-0.3, -0.25) is 0 Å². The van der Waals surface area contributed by atoms with E-state index in [9.17, 15) is 19.5 Å². The summed E-state index contributed by atoms with van der Waals surface area (Å²) in [4.78, 5) is 40.7. The maximum absolute atomic E-state index is 12.8. The molecule has 4 aliphatic heterocycles. The Morgan fingerprint density at radius 2 is 1.35 bits per heavy atom. The number of unbranched alkanes of at least 4 members (excludes halogenated alkanes) is 7. The minimum atomic E-state index is -1.00. The zero-order chi connectivity index (χ0) is 44.8. The van der Waals surface area contributed by atoms with Crippen molar-refractivity contribution in [3.63, 3.8) is 0 Å². The van der Waals surface area contributed by atoms with Crippen LogP contribution in [0, 0.1) is 11.8 Å². The van der Waals surface area contributed by atoms with Crippen molar-refractivity contribution in [2.75, 3.05) is 39.6 Å². The van der Waals surface area contributed by atoms with E-state index in [1.807, 2.05) is 6.92 Å². The summed E-state index contributed by atoms with van der Waals surface area (Å²) in [5.41, 5.74) is 10.8. The number of allylic oxidation sites excluding steroid dienone is 2. The van der Waals surface area contributed by atoms with Gasteiger partial charge in [0.05, 0.1) is 36.6 Å². The topological polar surface area (TPSA) is 210 Å². The highest BCUT2D eigenvalue weighted by Gasteiger charge is 2.62. The van der Waals surface area contributed by atoms with Crippen molar-refractivity contribution in [2.24, 2.45) is 17.0 Å². The number of hydrogen-bond donors (Lipinski definition) is 1. The molecule has 0 aromatic rings. The lowest BCUT2D eigenvalue weighted by Gasteiger charge is -2.21. The van der Waals surface area contributed by atoms with Crippen molar-refractivity contribution >= 4 is 18.3 Å². The number of carbonyl (C=O) groups excluding carboxylic acids is 3. The van der Waals surface area contributed by atoms with Gasteiger partial charge < -0.3 is 47.7 Å². The number of carbonyl (C=O) groups is 3. The number of fused-ring (bicyclic) bond motifs is 6. The third-order valence-corrected chi connectivity index (χ3v) is 13.6. The molecule has 0 amide bonds. The van der Waals surface area contributed by atoms with E-state index in [1.165, 1.54) is 0 Å². The molecule has 0 radical (unpaired) electrons. The fourth-order valence-corrected chi connectivity index (χ4v) is 9.50. The Morgan fingerprint density at radius 3 is 1.94 bits per heavy atom. The van der Waals surface area contributed by atoms with Gasteiger partial charge in [-0.15, -0.1) is 0 Å². The van der Waals surface area contributed by atoms with Crippen molar-refractivity contribution in [1.29, 1.82) is 0 Å². The number of epoxide rings is 2. The van der Waals surface area contributed by atoms with Gasteiger partial charge in [0.1, 0.15) is 31.5 Å². The SMILES string of the molecule is C=C1C(=O)O[C@H]2[C@H]1CC/C(COC(=O)OCCC(CCOC(=O)OC/C1=C/CC[C@@]3(C)O[C@H]3[C@H]3OC(O)C(=C)[C@@H]3CC1)OCCCCCCCCCCN=[N+]=[N-])=C\CC[C@@]1(C)O[C@@H]21. The molecule has 1 N–H and O–H groups in total. The number of nitrogens with zero attached hydrogens (tertiary/aromatic N) is 3. The average molecular weight is 884 g/mol. The molecule has 0 aromatic carbocycles. The van der Waals surface area contributed by atoms with Crippen LogP contribution >= 0.6 is 0 Å². The van der Waals surface area contributed by atoms with Gasteiger partial charge in [0.15, 0.2) is 6.29 Å². The average Bonchev–Trinajstić information content (AvgIpc) is 4.07. The van der Waals surface area contributed by atoms with Crippen molar-refractivity contribution in [1.82, 2.24) is 0 Å². The number of hydrogen-bond acceptors (Lipinski definition) is 14. The molecule has 0 saturated carbocycles. The largest absolute Gasteiger partial charge is 0.508 e. The summed E-state index contributed by atoms with van der Waals surface area (Å²) >= 11 is 0. The van der Waals surface area contributed by atoms with E-state index in [-0.39, 0.29) is 86.0 Å². The van der Waals surface area contributed by atoms with Crippen LogP contribution in [-0.2, 0) is 47.4 Å². The molecule has 16 heteroatoms. The van der Waals surface area contributed by atoms with Crippen LogP contribution < -0.4 is 0 Å². The molecular formula is C47H69N3O13. The molecule has 4 fully saturated rings. The third-order valence-electron chi connectivity index (χ3n) is 13.6. The van der Waals surface area contributed by atoms with Crippen LogP contribution in [0.5, 0.6) is 0 Å². The summed E-state index contributed by atoms with van der Waals surface area (Å²) in [6.45, 7) is 13.5. The van der Waals surface area contributed by atoms with Gasteiger partial charge in [-0.1, -0.05) is 68.9 Å². The molecule has 4 saturated heterocycles. The Morgan fingerprint density at radius 1 is 0.810 bits per heavy atom. The van der Waals surface area contributed by atoms with Crippen LogP contribution in [0.2, 0.25) is 0 Å². The van der Waals surface area contributed by atoms with Gasteiger partial charge in [-0.05, 0) is 100 Å². The molecule has 63 heavy (non-hydrogen) atoms. The summed E-state index contributed by atoms with van der Waals surface area (Å²) in [6.07, 6.45) is 15.3. The summed E-state index contributed by atoms with van der Waals surface area (Å²) in [6, 6.07) is 0. The standard InChI is InChI=1S/C47H69N3O13/c1-31-36-19-17-33(15-13-23-46(3)40(62-46)38(36)60-42(31)51)29-58-44(53)56-27-21-35(55-26-12-10-8-6-5-7-9-11-25-49-50-48)22-28-57-45(54)59-30-34-16-14-24-47(4)41(63-47)39-37(20-18-34)32(2)43(52)61-39/h15-16,35-42,51H,1-2,5-14,17-30H2,3-4H3/b33-15+,34-16+/t35?,36-,37-,38-,39-,40-,41-,42?,46+,47+/m0/s1. The lowest BCUT2D eigenvalue weighted by atomic mass is 9.84. The van der Waals surface area contributed by atoms with Crippen molar-refractivity contribution in [3.8, 4) is 0 Å². The molecule has 16 nitrogen and oxygen atoms in total.